The number of rotatable bonds is 7. The van der Waals surface area contributed by atoms with Gasteiger partial charge in [-0.3, -0.25) is 0 Å². The summed E-state index contributed by atoms with van der Waals surface area (Å²) in [5.74, 6) is 0.696. The minimum Gasteiger partial charge on any atom is -0.388 e. The van der Waals surface area contributed by atoms with E-state index in [1.54, 1.807) is 0 Å². The quantitative estimate of drug-likeness (QED) is 0.819. The molecule has 1 fully saturated rings. The molecule has 106 valence electrons. The molecule has 1 saturated carbocycles. The van der Waals surface area contributed by atoms with E-state index in [4.69, 9.17) is 0 Å². The molecule has 0 aromatic heterocycles. The van der Waals surface area contributed by atoms with Crippen molar-refractivity contribution in [2.24, 2.45) is 5.92 Å². The Kier molecular flexibility index (Phi) is 5.43. The molecule has 1 N–H and O–H groups in total. The van der Waals surface area contributed by atoms with Crippen LogP contribution in [0, 0.1) is 5.92 Å². The van der Waals surface area contributed by atoms with Gasteiger partial charge in [0.05, 0.1) is 6.10 Å². The third kappa shape index (κ3) is 4.59. The summed E-state index contributed by atoms with van der Waals surface area (Å²) in [6.45, 7) is 6.66. The molecule has 1 unspecified atom stereocenters. The largest absolute Gasteiger partial charge is 0.388 e. The van der Waals surface area contributed by atoms with E-state index in [0.717, 1.165) is 35.6 Å². The molecule has 1 atom stereocenters. The van der Waals surface area contributed by atoms with Crippen molar-refractivity contribution in [3.63, 3.8) is 0 Å². The van der Waals surface area contributed by atoms with Crippen LogP contribution in [0.5, 0.6) is 0 Å². The van der Waals surface area contributed by atoms with Crippen LogP contribution in [0.25, 0.3) is 0 Å². The van der Waals surface area contributed by atoms with Gasteiger partial charge in [-0.15, -0.1) is 0 Å². The summed E-state index contributed by atoms with van der Waals surface area (Å²) in [7, 11) is 0. The van der Waals surface area contributed by atoms with Gasteiger partial charge in [-0.1, -0.05) is 48.0 Å². The van der Waals surface area contributed by atoms with E-state index in [2.05, 4.69) is 34.7 Å². The van der Waals surface area contributed by atoms with Crippen LogP contribution in [-0.4, -0.2) is 29.1 Å². The smallest absolute Gasteiger partial charge is 0.0813 e. The van der Waals surface area contributed by atoms with Gasteiger partial charge in [-0.25, -0.2) is 0 Å². The Hall–Kier alpha value is -0.380. The first kappa shape index (κ1) is 15.0. The fraction of sp³-hybridized carbons (Fsp3) is 0.625. The number of aliphatic hydroxyl groups is 1. The molecule has 0 heterocycles. The van der Waals surface area contributed by atoms with Crippen molar-refractivity contribution in [1.82, 2.24) is 4.90 Å². The van der Waals surface area contributed by atoms with Gasteiger partial charge >= 0.3 is 0 Å². The van der Waals surface area contributed by atoms with Crippen LogP contribution in [0.15, 0.2) is 28.7 Å². The molecule has 3 heteroatoms. The zero-order chi connectivity index (χ0) is 13.8. The zero-order valence-electron chi connectivity index (χ0n) is 11.8. The van der Waals surface area contributed by atoms with Crippen molar-refractivity contribution in [2.75, 3.05) is 13.1 Å². The molecule has 0 saturated heterocycles. The SMILES string of the molecule is CC(C)CN(CCC(O)c1ccccc1Br)C1CC1. The van der Waals surface area contributed by atoms with E-state index in [1.165, 1.54) is 12.8 Å². The first-order valence-electron chi connectivity index (χ1n) is 7.24. The van der Waals surface area contributed by atoms with Crippen molar-refractivity contribution in [2.45, 2.75) is 45.3 Å². The topological polar surface area (TPSA) is 23.5 Å². The van der Waals surface area contributed by atoms with E-state index >= 15 is 0 Å². The second kappa shape index (κ2) is 6.87. The van der Waals surface area contributed by atoms with Crippen LogP contribution in [0.1, 0.15) is 44.8 Å². The molecule has 1 aromatic carbocycles. The van der Waals surface area contributed by atoms with Gasteiger partial charge in [0.25, 0.3) is 0 Å². The summed E-state index contributed by atoms with van der Waals surface area (Å²) in [5, 5.41) is 10.3. The number of hydrogen-bond donors (Lipinski definition) is 1. The maximum Gasteiger partial charge on any atom is 0.0813 e. The van der Waals surface area contributed by atoms with Crippen LogP contribution in [0.4, 0.5) is 0 Å². The lowest BCUT2D eigenvalue weighted by atomic mass is 10.1. The Morgan fingerprint density at radius 1 is 1.32 bits per heavy atom. The normalized spacial score (nSPS) is 17.2. The molecule has 19 heavy (non-hydrogen) atoms. The summed E-state index contributed by atoms with van der Waals surface area (Å²) in [4.78, 5) is 2.55. The van der Waals surface area contributed by atoms with Crippen LogP contribution in [0.3, 0.4) is 0 Å². The minimum absolute atomic E-state index is 0.371. The number of benzene rings is 1. The molecule has 0 bridgehead atoms. The highest BCUT2D eigenvalue weighted by Gasteiger charge is 2.29. The lowest BCUT2D eigenvalue weighted by Gasteiger charge is -2.25. The van der Waals surface area contributed by atoms with Gasteiger partial charge in [0.1, 0.15) is 0 Å². The molecule has 1 aliphatic rings. The third-order valence-electron chi connectivity index (χ3n) is 3.62. The lowest BCUT2D eigenvalue weighted by molar-refractivity contribution is 0.133. The number of halogens is 1. The van der Waals surface area contributed by atoms with Crippen molar-refractivity contribution >= 4 is 15.9 Å². The first-order valence-corrected chi connectivity index (χ1v) is 8.03. The van der Waals surface area contributed by atoms with Gasteiger partial charge in [0.15, 0.2) is 0 Å². The second-order valence-electron chi connectivity index (χ2n) is 5.95. The predicted molar refractivity (Wildman–Crippen MR) is 83.2 cm³/mol. The van der Waals surface area contributed by atoms with Crippen LogP contribution in [-0.2, 0) is 0 Å². The molecule has 2 nitrogen and oxygen atoms in total. The molecular formula is C16H24BrNO. The van der Waals surface area contributed by atoms with E-state index in [0.29, 0.717) is 5.92 Å². The van der Waals surface area contributed by atoms with Gasteiger partial charge in [-0.05, 0) is 36.8 Å². The van der Waals surface area contributed by atoms with E-state index in [9.17, 15) is 5.11 Å². The van der Waals surface area contributed by atoms with Crippen LogP contribution < -0.4 is 0 Å². The van der Waals surface area contributed by atoms with Crippen molar-refractivity contribution in [3.8, 4) is 0 Å². The molecule has 0 spiro atoms. The molecule has 2 rings (SSSR count). The minimum atomic E-state index is -0.371. The summed E-state index contributed by atoms with van der Waals surface area (Å²) in [5.41, 5.74) is 1.00. The van der Waals surface area contributed by atoms with Gasteiger partial charge in [0.2, 0.25) is 0 Å². The van der Waals surface area contributed by atoms with Crippen LogP contribution >= 0.6 is 15.9 Å². The monoisotopic (exact) mass is 325 g/mol. The summed E-state index contributed by atoms with van der Waals surface area (Å²) >= 11 is 3.51. The van der Waals surface area contributed by atoms with Gasteiger partial charge < -0.3 is 10.0 Å². The van der Waals surface area contributed by atoms with Crippen LogP contribution in [0.2, 0.25) is 0 Å². The fourth-order valence-electron chi connectivity index (χ4n) is 2.52. The van der Waals surface area contributed by atoms with E-state index in [1.807, 2.05) is 24.3 Å². The summed E-state index contributed by atoms with van der Waals surface area (Å²) in [6, 6.07) is 8.73. The Labute approximate surface area is 124 Å². The second-order valence-corrected chi connectivity index (χ2v) is 6.80. The predicted octanol–water partition coefficient (Wildman–Crippen LogP) is 3.99. The number of aliphatic hydroxyl groups excluding tert-OH is 1. The summed E-state index contributed by atoms with van der Waals surface area (Å²) in [6.07, 6.45) is 3.10. The van der Waals surface area contributed by atoms with Crippen molar-refractivity contribution in [1.29, 1.82) is 0 Å². The van der Waals surface area contributed by atoms with E-state index in [-0.39, 0.29) is 6.10 Å². The van der Waals surface area contributed by atoms with Crippen molar-refractivity contribution < 1.29 is 5.11 Å². The zero-order valence-corrected chi connectivity index (χ0v) is 13.4. The Bertz CT molecular complexity index is 403. The van der Waals surface area contributed by atoms with E-state index < -0.39 is 0 Å². The number of hydrogen-bond acceptors (Lipinski definition) is 2. The Morgan fingerprint density at radius 2 is 2.00 bits per heavy atom. The Morgan fingerprint density at radius 3 is 2.58 bits per heavy atom. The molecule has 0 radical (unpaired) electrons. The average Bonchev–Trinajstić information content (AvgIpc) is 3.18. The summed E-state index contributed by atoms with van der Waals surface area (Å²) < 4.78 is 1.00. The average molecular weight is 326 g/mol. The van der Waals surface area contributed by atoms with Gasteiger partial charge in [0, 0.05) is 23.6 Å². The third-order valence-corrected chi connectivity index (χ3v) is 4.34. The molecule has 1 aromatic rings. The molecule has 1 aliphatic carbocycles. The highest BCUT2D eigenvalue weighted by Crippen LogP contribution is 2.30. The highest BCUT2D eigenvalue weighted by molar-refractivity contribution is 9.10. The lowest BCUT2D eigenvalue weighted by Crippen LogP contribution is -2.31. The maximum absolute atomic E-state index is 10.3. The fourth-order valence-corrected chi connectivity index (χ4v) is 3.07. The highest BCUT2D eigenvalue weighted by atomic mass is 79.9. The molecule has 0 aliphatic heterocycles. The molecule has 0 amide bonds. The standard InChI is InChI=1S/C16H24BrNO/c1-12(2)11-18(13-7-8-13)10-9-16(19)14-5-3-4-6-15(14)17/h3-6,12-13,16,19H,7-11H2,1-2H3. The molecular weight excluding hydrogens is 302 g/mol. The number of nitrogens with zero attached hydrogens (tertiary/aromatic N) is 1. The Balaban J connectivity index is 1.88. The van der Waals surface area contributed by atoms with Gasteiger partial charge in [-0.2, -0.15) is 0 Å². The van der Waals surface area contributed by atoms with Crippen molar-refractivity contribution in [3.05, 3.63) is 34.3 Å². The maximum atomic E-state index is 10.3. The first-order chi connectivity index (χ1) is 9.08.